The van der Waals surface area contributed by atoms with Crippen LogP contribution in [0, 0.1) is 11.3 Å². The number of carbonyl (C=O) groups is 1. The molecule has 8 nitrogen and oxygen atoms in total. The molecule has 3 aliphatic heterocycles. The van der Waals surface area contributed by atoms with Crippen LogP contribution in [0.1, 0.15) is 22.7 Å². The molecule has 3 aromatic carbocycles. The van der Waals surface area contributed by atoms with Gasteiger partial charge in [0, 0.05) is 65.1 Å². The van der Waals surface area contributed by atoms with E-state index in [1.54, 1.807) is 6.20 Å². The lowest BCUT2D eigenvalue weighted by Crippen LogP contribution is -2.50. The monoisotopic (exact) mass is 549 g/mol. The summed E-state index contributed by atoms with van der Waals surface area (Å²) in [5, 5.41) is 9.88. The second-order valence-electron chi connectivity index (χ2n) is 10.7. The van der Waals surface area contributed by atoms with E-state index < -0.39 is 0 Å². The SMILES string of the molecule is N#C/C(=C/N1CCN(Cc2ccc3c(c2)OCO3)CC1)C(=O)N1CCN(C(c2ccccc2)c2ccccc2)CC1. The Morgan fingerprint density at radius 2 is 1.44 bits per heavy atom. The van der Waals surface area contributed by atoms with Gasteiger partial charge in [0.15, 0.2) is 11.5 Å². The Morgan fingerprint density at radius 3 is 2.07 bits per heavy atom. The van der Waals surface area contributed by atoms with Crippen molar-refractivity contribution in [3.63, 3.8) is 0 Å². The van der Waals surface area contributed by atoms with Crippen molar-refractivity contribution in [1.82, 2.24) is 19.6 Å². The molecule has 0 N–H and O–H groups in total. The van der Waals surface area contributed by atoms with Crippen LogP contribution in [0.5, 0.6) is 11.5 Å². The van der Waals surface area contributed by atoms with E-state index in [2.05, 4.69) is 75.4 Å². The average molecular weight is 550 g/mol. The zero-order chi connectivity index (χ0) is 28.0. The molecule has 2 saturated heterocycles. The van der Waals surface area contributed by atoms with Gasteiger partial charge in [-0.25, -0.2) is 0 Å². The number of hydrogen-bond acceptors (Lipinski definition) is 7. The highest BCUT2D eigenvalue weighted by Crippen LogP contribution is 2.33. The Morgan fingerprint density at radius 1 is 0.805 bits per heavy atom. The van der Waals surface area contributed by atoms with Crippen LogP contribution in [0.25, 0.3) is 0 Å². The van der Waals surface area contributed by atoms with Crippen LogP contribution >= 0.6 is 0 Å². The summed E-state index contributed by atoms with van der Waals surface area (Å²) < 4.78 is 10.9. The van der Waals surface area contributed by atoms with E-state index in [1.165, 1.54) is 16.7 Å². The number of nitriles is 1. The molecule has 0 aliphatic carbocycles. The summed E-state index contributed by atoms with van der Waals surface area (Å²) in [6.07, 6.45) is 1.77. The first-order valence-electron chi connectivity index (χ1n) is 14.3. The van der Waals surface area contributed by atoms with Crippen molar-refractivity contribution < 1.29 is 14.3 Å². The summed E-state index contributed by atoms with van der Waals surface area (Å²) in [4.78, 5) is 22.1. The van der Waals surface area contributed by atoms with E-state index in [4.69, 9.17) is 9.47 Å². The molecule has 3 heterocycles. The summed E-state index contributed by atoms with van der Waals surface area (Å²) in [7, 11) is 0. The quantitative estimate of drug-likeness (QED) is 0.327. The number of ether oxygens (including phenoxy) is 2. The number of amides is 1. The van der Waals surface area contributed by atoms with Gasteiger partial charge in [-0.1, -0.05) is 66.7 Å². The Kier molecular flexibility index (Phi) is 8.17. The summed E-state index contributed by atoms with van der Waals surface area (Å²) in [5.74, 6) is 1.43. The highest BCUT2D eigenvalue weighted by Gasteiger charge is 2.30. The van der Waals surface area contributed by atoms with Crippen molar-refractivity contribution in [3.8, 4) is 17.6 Å². The largest absolute Gasteiger partial charge is 0.454 e. The van der Waals surface area contributed by atoms with Crippen LogP contribution in [-0.2, 0) is 11.3 Å². The number of nitrogens with zero attached hydrogens (tertiary/aromatic N) is 5. The number of hydrogen-bond donors (Lipinski definition) is 0. The minimum atomic E-state index is -0.175. The van der Waals surface area contributed by atoms with Crippen LogP contribution in [-0.4, -0.2) is 84.7 Å². The molecule has 0 bridgehead atoms. The summed E-state index contributed by atoms with van der Waals surface area (Å²) in [6.45, 7) is 7.05. The zero-order valence-corrected chi connectivity index (χ0v) is 23.2. The Balaban J connectivity index is 1.04. The van der Waals surface area contributed by atoms with E-state index in [1.807, 2.05) is 29.2 Å². The molecular weight excluding hydrogens is 514 g/mol. The van der Waals surface area contributed by atoms with Gasteiger partial charge in [-0.2, -0.15) is 5.26 Å². The lowest BCUT2D eigenvalue weighted by atomic mass is 9.96. The molecule has 0 spiro atoms. The lowest BCUT2D eigenvalue weighted by Gasteiger charge is -2.40. The number of rotatable bonds is 7. The Labute approximate surface area is 241 Å². The third kappa shape index (κ3) is 6.22. The van der Waals surface area contributed by atoms with E-state index in [9.17, 15) is 10.1 Å². The summed E-state index contributed by atoms with van der Waals surface area (Å²) >= 11 is 0. The number of fused-ring (bicyclic) bond motifs is 1. The maximum Gasteiger partial charge on any atom is 0.266 e. The van der Waals surface area contributed by atoms with Gasteiger partial charge in [0.05, 0.1) is 6.04 Å². The molecule has 0 aromatic heterocycles. The fourth-order valence-corrected chi connectivity index (χ4v) is 5.90. The Hall–Kier alpha value is -4.32. The standard InChI is InChI=1S/C33H35N5O3/c34-22-29(24-36-15-13-35(14-16-36)23-26-11-12-30-31(21-26)41-25-40-30)33(39)38-19-17-37(18-20-38)32(27-7-3-1-4-8-27)28-9-5-2-6-10-28/h1-12,21,24,32H,13-20,23,25H2/b29-24-. The molecule has 0 atom stereocenters. The number of benzene rings is 3. The minimum Gasteiger partial charge on any atom is -0.454 e. The molecule has 0 radical (unpaired) electrons. The predicted molar refractivity (Wildman–Crippen MR) is 156 cm³/mol. The van der Waals surface area contributed by atoms with Crippen LogP contribution in [0.4, 0.5) is 0 Å². The van der Waals surface area contributed by atoms with Gasteiger partial charge >= 0.3 is 0 Å². The van der Waals surface area contributed by atoms with Crippen molar-refractivity contribution in [2.24, 2.45) is 0 Å². The topological polar surface area (TPSA) is 72.3 Å². The first-order chi connectivity index (χ1) is 20.2. The third-order valence-corrected chi connectivity index (χ3v) is 8.11. The van der Waals surface area contributed by atoms with Crippen LogP contribution in [0.2, 0.25) is 0 Å². The maximum absolute atomic E-state index is 13.4. The molecule has 0 unspecified atom stereocenters. The smallest absolute Gasteiger partial charge is 0.266 e. The van der Waals surface area contributed by atoms with E-state index in [0.717, 1.165) is 57.3 Å². The molecule has 3 aliphatic rings. The van der Waals surface area contributed by atoms with E-state index in [0.29, 0.717) is 13.1 Å². The molecule has 6 rings (SSSR count). The van der Waals surface area contributed by atoms with Crippen LogP contribution < -0.4 is 9.47 Å². The second kappa shape index (κ2) is 12.5. The van der Waals surface area contributed by atoms with E-state index >= 15 is 0 Å². The lowest BCUT2D eigenvalue weighted by molar-refractivity contribution is -0.128. The van der Waals surface area contributed by atoms with Gasteiger partial charge in [0.25, 0.3) is 5.91 Å². The second-order valence-corrected chi connectivity index (χ2v) is 10.7. The van der Waals surface area contributed by atoms with E-state index in [-0.39, 0.29) is 24.3 Å². The molecule has 2 fully saturated rings. The molecule has 0 saturated carbocycles. The van der Waals surface area contributed by atoms with Gasteiger partial charge in [0.2, 0.25) is 6.79 Å². The zero-order valence-electron chi connectivity index (χ0n) is 23.2. The Bertz CT molecular complexity index is 1370. The molecule has 3 aromatic rings. The molecule has 1 amide bonds. The van der Waals surface area contributed by atoms with Gasteiger partial charge in [0.1, 0.15) is 11.6 Å². The van der Waals surface area contributed by atoms with Crippen molar-refractivity contribution in [1.29, 1.82) is 5.26 Å². The van der Waals surface area contributed by atoms with Crippen LogP contribution in [0.3, 0.4) is 0 Å². The predicted octanol–water partition coefficient (Wildman–Crippen LogP) is 3.87. The molecule has 210 valence electrons. The van der Waals surface area contributed by atoms with Crippen molar-refractivity contribution in [2.45, 2.75) is 12.6 Å². The average Bonchev–Trinajstić information content (AvgIpc) is 3.50. The molecule has 41 heavy (non-hydrogen) atoms. The van der Waals surface area contributed by atoms with Crippen molar-refractivity contribution in [3.05, 3.63) is 107 Å². The molecule has 8 heteroatoms. The number of piperazine rings is 2. The van der Waals surface area contributed by atoms with Gasteiger partial charge in [-0.05, 0) is 28.8 Å². The summed E-state index contributed by atoms with van der Waals surface area (Å²) in [5.41, 5.74) is 3.89. The van der Waals surface area contributed by atoms with Crippen LogP contribution in [0.15, 0.2) is 90.6 Å². The fraction of sp³-hybridized carbons (Fsp3) is 0.333. The normalized spacial score (nSPS) is 18.0. The highest BCUT2D eigenvalue weighted by atomic mass is 16.7. The fourth-order valence-electron chi connectivity index (χ4n) is 5.90. The van der Waals surface area contributed by atoms with Gasteiger partial charge < -0.3 is 19.3 Å². The number of carbonyl (C=O) groups excluding carboxylic acids is 1. The maximum atomic E-state index is 13.4. The summed E-state index contributed by atoms with van der Waals surface area (Å²) in [6, 6.07) is 29.5. The van der Waals surface area contributed by atoms with Gasteiger partial charge in [-0.15, -0.1) is 0 Å². The first-order valence-corrected chi connectivity index (χ1v) is 14.3. The third-order valence-electron chi connectivity index (χ3n) is 8.11. The van der Waals surface area contributed by atoms with Gasteiger partial charge in [-0.3, -0.25) is 14.6 Å². The van der Waals surface area contributed by atoms with Crippen molar-refractivity contribution in [2.75, 3.05) is 59.2 Å². The first kappa shape index (κ1) is 26.9. The highest BCUT2D eigenvalue weighted by molar-refractivity contribution is 5.97. The minimum absolute atomic E-state index is 0.134. The molecular formula is C33H35N5O3. The van der Waals surface area contributed by atoms with Crippen molar-refractivity contribution >= 4 is 5.91 Å².